The van der Waals surface area contributed by atoms with E-state index < -0.39 is 0 Å². The number of pyridine rings is 1. The molecule has 0 bridgehead atoms. The Balaban J connectivity index is 1.79. The summed E-state index contributed by atoms with van der Waals surface area (Å²) >= 11 is 3.48. The zero-order valence-electron chi connectivity index (χ0n) is 14.2. The average molecular weight is 411 g/mol. The normalized spacial score (nSPS) is 15.2. The molecule has 0 saturated carbocycles. The predicted molar refractivity (Wildman–Crippen MR) is 106 cm³/mol. The largest absolute Gasteiger partial charge is 0.393 e. The molecule has 132 valence electrons. The molecule has 0 spiro atoms. The van der Waals surface area contributed by atoms with E-state index in [9.17, 15) is 5.11 Å². The molecule has 3 aromatic rings. The van der Waals surface area contributed by atoms with Crippen molar-refractivity contribution in [2.45, 2.75) is 18.9 Å². The first kappa shape index (κ1) is 17.1. The van der Waals surface area contributed by atoms with E-state index in [2.05, 4.69) is 25.8 Å². The minimum Gasteiger partial charge on any atom is -0.393 e. The molecule has 26 heavy (non-hydrogen) atoms. The summed E-state index contributed by atoms with van der Waals surface area (Å²) < 4.78 is 0.914. The fourth-order valence-electron chi connectivity index (χ4n) is 3.11. The third kappa shape index (κ3) is 3.76. The molecular formula is C20H19BrN4O. The van der Waals surface area contributed by atoms with Crippen LogP contribution in [0.2, 0.25) is 0 Å². The van der Waals surface area contributed by atoms with Crippen molar-refractivity contribution in [3.8, 4) is 22.6 Å². The van der Waals surface area contributed by atoms with Gasteiger partial charge in [-0.3, -0.25) is 4.98 Å². The molecule has 0 aliphatic carbocycles. The maximum Gasteiger partial charge on any atom is 0.162 e. The third-order valence-electron chi connectivity index (χ3n) is 4.53. The smallest absolute Gasteiger partial charge is 0.162 e. The van der Waals surface area contributed by atoms with Gasteiger partial charge in [-0.2, -0.15) is 0 Å². The Labute approximate surface area is 160 Å². The highest BCUT2D eigenvalue weighted by Gasteiger charge is 2.20. The lowest BCUT2D eigenvalue weighted by Crippen LogP contribution is -2.36. The Morgan fingerprint density at radius 1 is 0.962 bits per heavy atom. The van der Waals surface area contributed by atoms with Crippen LogP contribution in [0.1, 0.15) is 12.8 Å². The SMILES string of the molecule is OC1CCN(c2cc(-c3cncc(Br)c3)nc(-c3ccccc3)n2)CC1. The van der Waals surface area contributed by atoms with Crippen LogP contribution in [0.4, 0.5) is 5.82 Å². The Morgan fingerprint density at radius 3 is 2.46 bits per heavy atom. The number of anilines is 1. The number of aromatic nitrogens is 3. The first-order valence-electron chi connectivity index (χ1n) is 8.67. The van der Waals surface area contributed by atoms with E-state index in [1.54, 1.807) is 6.20 Å². The van der Waals surface area contributed by atoms with Crippen molar-refractivity contribution in [1.29, 1.82) is 0 Å². The van der Waals surface area contributed by atoms with E-state index in [0.29, 0.717) is 5.82 Å². The molecule has 1 saturated heterocycles. The van der Waals surface area contributed by atoms with Crippen LogP contribution in [0.5, 0.6) is 0 Å². The molecular weight excluding hydrogens is 392 g/mol. The molecule has 1 N–H and O–H groups in total. The van der Waals surface area contributed by atoms with Crippen LogP contribution in [0, 0.1) is 0 Å². The first-order valence-corrected chi connectivity index (χ1v) is 9.47. The summed E-state index contributed by atoms with van der Waals surface area (Å²) in [5.74, 6) is 1.59. The van der Waals surface area contributed by atoms with Gasteiger partial charge in [0.05, 0.1) is 11.8 Å². The molecule has 1 aliphatic rings. The van der Waals surface area contributed by atoms with Crippen molar-refractivity contribution in [2.24, 2.45) is 0 Å². The molecule has 3 heterocycles. The lowest BCUT2D eigenvalue weighted by molar-refractivity contribution is 0.145. The van der Waals surface area contributed by atoms with Crippen LogP contribution < -0.4 is 4.90 Å². The van der Waals surface area contributed by atoms with E-state index in [0.717, 1.165) is 53.0 Å². The summed E-state index contributed by atoms with van der Waals surface area (Å²) in [4.78, 5) is 16.1. The second-order valence-corrected chi connectivity index (χ2v) is 7.33. The van der Waals surface area contributed by atoms with Crippen LogP contribution in [0.3, 0.4) is 0 Å². The number of rotatable bonds is 3. The topological polar surface area (TPSA) is 62.1 Å². The molecule has 0 radical (unpaired) electrons. The van der Waals surface area contributed by atoms with Crippen molar-refractivity contribution in [1.82, 2.24) is 15.0 Å². The van der Waals surface area contributed by atoms with Crippen molar-refractivity contribution < 1.29 is 5.11 Å². The Kier molecular flexibility index (Phi) is 4.95. The summed E-state index contributed by atoms with van der Waals surface area (Å²) in [6.07, 6.45) is 4.88. The average Bonchev–Trinajstić information content (AvgIpc) is 2.69. The molecule has 2 aromatic heterocycles. The van der Waals surface area contributed by atoms with Crippen molar-refractivity contribution in [3.05, 3.63) is 59.3 Å². The Bertz CT molecular complexity index is 895. The van der Waals surface area contributed by atoms with Gasteiger partial charge in [0.25, 0.3) is 0 Å². The monoisotopic (exact) mass is 410 g/mol. The minimum atomic E-state index is -0.213. The van der Waals surface area contributed by atoms with Crippen molar-refractivity contribution >= 4 is 21.7 Å². The molecule has 6 heteroatoms. The molecule has 0 amide bonds. The summed E-state index contributed by atoms with van der Waals surface area (Å²) in [5.41, 5.74) is 2.77. The van der Waals surface area contributed by atoms with Gasteiger partial charge in [0.15, 0.2) is 5.82 Å². The number of aliphatic hydroxyl groups is 1. The number of nitrogens with zero attached hydrogens (tertiary/aromatic N) is 4. The number of piperidine rings is 1. The van der Waals surface area contributed by atoms with Gasteiger partial charge in [-0.15, -0.1) is 0 Å². The Hall–Kier alpha value is -2.31. The van der Waals surface area contributed by atoms with Gasteiger partial charge in [-0.05, 0) is 34.8 Å². The van der Waals surface area contributed by atoms with Gasteiger partial charge in [-0.25, -0.2) is 9.97 Å². The zero-order chi connectivity index (χ0) is 17.9. The molecule has 0 unspecified atom stereocenters. The quantitative estimate of drug-likeness (QED) is 0.708. The van der Waals surface area contributed by atoms with Gasteiger partial charge in [0.1, 0.15) is 5.82 Å². The van der Waals surface area contributed by atoms with Gasteiger partial charge in [-0.1, -0.05) is 30.3 Å². The predicted octanol–water partition coefficient (Wildman–Crippen LogP) is 3.93. The van der Waals surface area contributed by atoms with E-state index in [1.165, 1.54) is 0 Å². The first-order chi connectivity index (χ1) is 12.7. The lowest BCUT2D eigenvalue weighted by atomic mass is 10.1. The van der Waals surface area contributed by atoms with Crippen LogP contribution in [-0.2, 0) is 0 Å². The van der Waals surface area contributed by atoms with Gasteiger partial charge in [0.2, 0.25) is 0 Å². The number of hydrogen-bond acceptors (Lipinski definition) is 5. The highest BCUT2D eigenvalue weighted by Crippen LogP contribution is 2.28. The van der Waals surface area contributed by atoms with Crippen LogP contribution in [-0.4, -0.2) is 39.3 Å². The highest BCUT2D eigenvalue weighted by molar-refractivity contribution is 9.10. The molecule has 1 fully saturated rings. The standard InChI is InChI=1S/C20H19BrN4O/c21-16-10-15(12-22-13-16)18-11-19(25-8-6-17(26)7-9-25)24-20(23-18)14-4-2-1-3-5-14/h1-5,10-13,17,26H,6-9H2. The van der Waals surface area contributed by atoms with Gasteiger partial charge < -0.3 is 10.0 Å². The van der Waals surface area contributed by atoms with E-state index in [1.807, 2.05) is 48.7 Å². The van der Waals surface area contributed by atoms with Gasteiger partial charge >= 0.3 is 0 Å². The summed E-state index contributed by atoms with van der Waals surface area (Å²) in [6, 6.07) is 14.0. The molecule has 1 aliphatic heterocycles. The second-order valence-electron chi connectivity index (χ2n) is 6.41. The van der Waals surface area contributed by atoms with Gasteiger partial charge in [0, 0.05) is 47.1 Å². The number of halogens is 1. The fraction of sp³-hybridized carbons (Fsp3) is 0.250. The number of hydrogen-bond donors (Lipinski definition) is 1. The summed E-state index contributed by atoms with van der Waals surface area (Å²) in [6.45, 7) is 1.59. The van der Waals surface area contributed by atoms with Crippen LogP contribution in [0.25, 0.3) is 22.6 Å². The molecule has 1 aromatic carbocycles. The fourth-order valence-corrected chi connectivity index (χ4v) is 3.47. The van der Waals surface area contributed by atoms with Crippen LogP contribution >= 0.6 is 15.9 Å². The summed E-state index contributed by atoms with van der Waals surface area (Å²) in [7, 11) is 0. The van der Waals surface area contributed by atoms with Crippen molar-refractivity contribution in [3.63, 3.8) is 0 Å². The maximum atomic E-state index is 9.80. The summed E-state index contributed by atoms with van der Waals surface area (Å²) in [5, 5.41) is 9.80. The molecule has 4 rings (SSSR count). The zero-order valence-corrected chi connectivity index (χ0v) is 15.8. The Morgan fingerprint density at radius 2 is 1.73 bits per heavy atom. The van der Waals surface area contributed by atoms with E-state index in [-0.39, 0.29) is 6.10 Å². The molecule has 5 nitrogen and oxygen atoms in total. The van der Waals surface area contributed by atoms with E-state index in [4.69, 9.17) is 9.97 Å². The lowest BCUT2D eigenvalue weighted by Gasteiger charge is -2.30. The third-order valence-corrected chi connectivity index (χ3v) is 4.97. The number of aliphatic hydroxyl groups excluding tert-OH is 1. The van der Waals surface area contributed by atoms with E-state index >= 15 is 0 Å². The maximum absolute atomic E-state index is 9.80. The number of benzene rings is 1. The minimum absolute atomic E-state index is 0.213. The highest BCUT2D eigenvalue weighted by atomic mass is 79.9. The van der Waals surface area contributed by atoms with Crippen molar-refractivity contribution in [2.75, 3.05) is 18.0 Å². The van der Waals surface area contributed by atoms with Crippen LogP contribution in [0.15, 0.2) is 59.3 Å². The second kappa shape index (κ2) is 7.51. The molecule has 0 atom stereocenters.